The first-order valence-electron chi connectivity index (χ1n) is 5.91. The van der Waals surface area contributed by atoms with E-state index in [-0.39, 0.29) is 6.61 Å². The Morgan fingerprint density at radius 3 is 2.67 bits per heavy atom. The minimum Gasteiger partial charge on any atom is -0.490 e. The molecule has 18 heavy (non-hydrogen) atoms. The number of halogens is 1. The number of rotatable bonds is 7. The molecule has 0 unspecified atom stereocenters. The molecule has 0 radical (unpaired) electrons. The van der Waals surface area contributed by atoms with Crippen molar-refractivity contribution in [3.63, 3.8) is 0 Å². The molecule has 0 saturated carbocycles. The second kappa shape index (κ2) is 7.44. The van der Waals surface area contributed by atoms with Crippen LogP contribution in [0.1, 0.15) is 25.8 Å². The Balaban J connectivity index is 2.89. The number of aliphatic hydroxyl groups is 1. The Morgan fingerprint density at radius 2 is 2.11 bits per heavy atom. The van der Waals surface area contributed by atoms with E-state index in [9.17, 15) is 0 Å². The van der Waals surface area contributed by atoms with Gasteiger partial charge in [0.05, 0.1) is 24.3 Å². The van der Waals surface area contributed by atoms with Crippen molar-refractivity contribution in [2.45, 2.75) is 26.9 Å². The Labute approximate surface area is 117 Å². The normalized spacial score (nSPS) is 10.2. The van der Waals surface area contributed by atoms with Gasteiger partial charge in [0.2, 0.25) is 0 Å². The van der Waals surface area contributed by atoms with Crippen LogP contribution >= 0.6 is 15.9 Å². The maximum absolute atomic E-state index is 9.17. The van der Waals surface area contributed by atoms with E-state index in [2.05, 4.69) is 22.5 Å². The average molecular weight is 315 g/mol. The molecule has 0 saturated heterocycles. The zero-order chi connectivity index (χ0) is 13.5. The number of aliphatic hydroxyl groups excluding tert-OH is 1. The second-order valence-corrected chi connectivity index (χ2v) is 4.91. The van der Waals surface area contributed by atoms with Crippen LogP contribution in [0.5, 0.6) is 11.5 Å². The van der Waals surface area contributed by atoms with E-state index in [4.69, 9.17) is 14.6 Å². The monoisotopic (exact) mass is 314 g/mol. The smallest absolute Gasteiger partial charge is 0.175 e. The number of ether oxygens (including phenoxy) is 2. The van der Waals surface area contributed by atoms with Crippen LogP contribution in [0.4, 0.5) is 0 Å². The zero-order valence-corrected chi connectivity index (χ0v) is 12.4. The van der Waals surface area contributed by atoms with E-state index in [0.717, 1.165) is 22.0 Å². The van der Waals surface area contributed by atoms with E-state index < -0.39 is 0 Å². The lowest BCUT2D eigenvalue weighted by Gasteiger charge is -2.15. The summed E-state index contributed by atoms with van der Waals surface area (Å²) in [5.74, 6) is 1.33. The molecule has 0 atom stereocenters. The molecule has 0 aliphatic heterocycles. The summed E-state index contributed by atoms with van der Waals surface area (Å²) in [4.78, 5) is 0. The molecule has 100 valence electrons. The molecule has 1 N–H and O–H groups in total. The molecule has 0 spiro atoms. The van der Waals surface area contributed by atoms with Gasteiger partial charge in [0.25, 0.3) is 0 Å². The molecule has 1 rings (SSSR count). The first kappa shape index (κ1) is 15.1. The molecule has 3 nitrogen and oxygen atoms in total. The average Bonchev–Trinajstić information content (AvgIpc) is 2.32. The van der Waals surface area contributed by atoms with Gasteiger partial charge in [0.15, 0.2) is 11.5 Å². The van der Waals surface area contributed by atoms with Crippen LogP contribution in [0.3, 0.4) is 0 Å². The summed E-state index contributed by atoms with van der Waals surface area (Å²) in [6.45, 7) is 8.81. The highest BCUT2D eigenvalue weighted by molar-refractivity contribution is 9.10. The van der Waals surface area contributed by atoms with E-state index in [1.165, 1.54) is 0 Å². The van der Waals surface area contributed by atoms with Crippen LogP contribution in [-0.2, 0) is 6.61 Å². The van der Waals surface area contributed by atoms with Gasteiger partial charge in [-0.15, -0.1) is 6.58 Å². The third-order valence-corrected chi connectivity index (χ3v) is 2.92. The van der Waals surface area contributed by atoms with Gasteiger partial charge in [-0.05, 0) is 47.5 Å². The molecule has 0 aliphatic rings. The first-order chi connectivity index (χ1) is 8.58. The molecule has 1 aromatic carbocycles. The van der Waals surface area contributed by atoms with Gasteiger partial charge >= 0.3 is 0 Å². The summed E-state index contributed by atoms with van der Waals surface area (Å²) < 4.78 is 12.0. The predicted molar refractivity (Wildman–Crippen MR) is 76.2 cm³/mol. The van der Waals surface area contributed by atoms with E-state index in [1.54, 1.807) is 6.07 Å². The fourth-order valence-electron chi connectivity index (χ4n) is 1.44. The summed E-state index contributed by atoms with van der Waals surface area (Å²) >= 11 is 3.44. The molecule has 0 heterocycles. The fraction of sp³-hybridized carbons (Fsp3) is 0.429. The third-order valence-electron chi connectivity index (χ3n) is 2.33. The lowest BCUT2D eigenvalue weighted by atomic mass is 10.2. The Morgan fingerprint density at radius 1 is 1.39 bits per heavy atom. The van der Waals surface area contributed by atoms with Crippen LogP contribution in [0.2, 0.25) is 0 Å². The minimum absolute atomic E-state index is 0.0231. The molecule has 4 heteroatoms. The van der Waals surface area contributed by atoms with Gasteiger partial charge in [-0.1, -0.05) is 5.57 Å². The summed E-state index contributed by atoms with van der Waals surface area (Å²) in [5, 5.41) is 9.17. The molecule has 0 bridgehead atoms. The van der Waals surface area contributed by atoms with Crippen LogP contribution in [0.15, 0.2) is 28.8 Å². The lowest BCUT2D eigenvalue weighted by Crippen LogP contribution is -2.03. The van der Waals surface area contributed by atoms with Crippen molar-refractivity contribution in [2.24, 2.45) is 0 Å². The minimum atomic E-state index is -0.0231. The zero-order valence-electron chi connectivity index (χ0n) is 10.8. The van der Waals surface area contributed by atoms with Crippen LogP contribution in [0.25, 0.3) is 0 Å². The molecule has 1 aromatic rings. The van der Waals surface area contributed by atoms with Crippen LogP contribution in [-0.4, -0.2) is 18.3 Å². The van der Waals surface area contributed by atoms with Gasteiger partial charge in [-0.3, -0.25) is 0 Å². The summed E-state index contributed by atoms with van der Waals surface area (Å²) in [7, 11) is 0. The standard InChI is InChI=1S/C14H19BrO3/c1-4-17-13-8-11(9-16)7-12(15)14(13)18-6-5-10(2)3/h7-8,16H,2,4-6,9H2,1,3H3. The van der Waals surface area contributed by atoms with Crippen molar-refractivity contribution < 1.29 is 14.6 Å². The molecule has 0 aromatic heterocycles. The van der Waals surface area contributed by atoms with Crippen LogP contribution < -0.4 is 9.47 Å². The van der Waals surface area contributed by atoms with Gasteiger partial charge < -0.3 is 14.6 Å². The van der Waals surface area contributed by atoms with Gasteiger partial charge in [-0.2, -0.15) is 0 Å². The summed E-state index contributed by atoms with van der Waals surface area (Å²) in [6.07, 6.45) is 0.805. The molecule has 0 amide bonds. The Kier molecular flexibility index (Phi) is 6.22. The van der Waals surface area contributed by atoms with Crippen molar-refractivity contribution >= 4 is 15.9 Å². The third kappa shape index (κ3) is 4.35. The van der Waals surface area contributed by atoms with Crippen molar-refractivity contribution in [2.75, 3.05) is 13.2 Å². The van der Waals surface area contributed by atoms with Crippen LogP contribution in [0, 0.1) is 0 Å². The number of benzene rings is 1. The van der Waals surface area contributed by atoms with E-state index >= 15 is 0 Å². The van der Waals surface area contributed by atoms with Gasteiger partial charge in [0, 0.05) is 6.42 Å². The SMILES string of the molecule is C=C(C)CCOc1c(Br)cc(CO)cc1OCC. The predicted octanol–water partition coefficient (Wildman–Crippen LogP) is 3.69. The summed E-state index contributed by atoms with van der Waals surface area (Å²) in [6, 6.07) is 3.63. The molecule has 0 aliphatic carbocycles. The van der Waals surface area contributed by atoms with Gasteiger partial charge in [0.1, 0.15) is 0 Å². The molecular weight excluding hydrogens is 296 g/mol. The maximum atomic E-state index is 9.17. The highest BCUT2D eigenvalue weighted by atomic mass is 79.9. The second-order valence-electron chi connectivity index (χ2n) is 4.05. The first-order valence-corrected chi connectivity index (χ1v) is 6.71. The largest absolute Gasteiger partial charge is 0.490 e. The fourth-order valence-corrected chi connectivity index (χ4v) is 2.05. The highest BCUT2D eigenvalue weighted by Gasteiger charge is 2.11. The van der Waals surface area contributed by atoms with Crippen molar-refractivity contribution in [1.29, 1.82) is 0 Å². The number of hydrogen-bond acceptors (Lipinski definition) is 3. The summed E-state index contributed by atoms with van der Waals surface area (Å²) in [5.41, 5.74) is 1.87. The quantitative estimate of drug-likeness (QED) is 0.780. The number of hydrogen-bond donors (Lipinski definition) is 1. The Bertz CT molecular complexity index is 416. The van der Waals surface area contributed by atoms with Crippen molar-refractivity contribution in [1.82, 2.24) is 0 Å². The highest BCUT2D eigenvalue weighted by Crippen LogP contribution is 2.37. The Hall–Kier alpha value is -1.00. The topological polar surface area (TPSA) is 38.7 Å². The molecule has 0 fully saturated rings. The van der Waals surface area contributed by atoms with Crippen molar-refractivity contribution in [3.05, 3.63) is 34.3 Å². The molecular formula is C14H19BrO3. The van der Waals surface area contributed by atoms with Crippen molar-refractivity contribution in [3.8, 4) is 11.5 Å². The van der Waals surface area contributed by atoms with E-state index in [0.29, 0.717) is 24.7 Å². The van der Waals surface area contributed by atoms with Gasteiger partial charge in [-0.25, -0.2) is 0 Å². The van der Waals surface area contributed by atoms with E-state index in [1.807, 2.05) is 19.9 Å². The maximum Gasteiger partial charge on any atom is 0.175 e. The lowest BCUT2D eigenvalue weighted by molar-refractivity contribution is 0.269.